The summed E-state index contributed by atoms with van der Waals surface area (Å²) in [5.74, 6) is -0.682. The third kappa shape index (κ3) is 6.93. The van der Waals surface area contributed by atoms with Crippen LogP contribution in [0, 0.1) is 0 Å². The van der Waals surface area contributed by atoms with E-state index in [-0.39, 0.29) is 31.9 Å². The molecule has 0 atom stereocenters. The van der Waals surface area contributed by atoms with Crippen molar-refractivity contribution in [3.05, 3.63) is 10.4 Å². The van der Waals surface area contributed by atoms with Crippen molar-refractivity contribution in [3.8, 4) is 0 Å². The lowest BCUT2D eigenvalue weighted by atomic mass is 10.3. The molecule has 1 N–H and O–H groups in total. The van der Waals surface area contributed by atoms with E-state index < -0.39 is 5.97 Å². The third-order valence-corrected chi connectivity index (χ3v) is 1.35. The Morgan fingerprint density at radius 1 is 1.50 bits per heavy atom. The lowest BCUT2D eigenvalue weighted by molar-refractivity contribution is -0.144. The molecule has 0 heterocycles. The Hall–Kier alpha value is -1.75. The number of carbonyl (C=O) groups is 2. The predicted molar refractivity (Wildman–Crippen MR) is 48.3 cm³/mol. The largest absolute Gasteiger partial charge is 0.466 e. The van der Waals surface area contributed by atoms with Crippen molar-refractivity contribution in [2.45, 2.75) is 12.8 Å². The molecule has 1 amide bonds. The smallest absolute Gasteiger partial charge is 0.306 e. The van der Waals surface area contributed by atoms with E-state index in [4.69, 9.17) is 5.53 Å². The number of nitrogens with one attached hydrogen (secondary N) is 1. The first kappa shape index (κ1) is 12.2. The summed E-state index contributed by atoms with van der Waals surface area (Å²) in [5.41, 5.74) is 7.90. The van der Waals surface area contributed by atoms with E-state index >= 15 is 0 Å². The average molecular weight is 200 g/mol. The first-order valence-electron chi connectivity index (χ1n) is 4.07. The van der Waals surface area contributed by atoms with Gasteiger partial charge in [-0.1, -0.05) is 5.11 Å². The summed E-state index contributed by atoms with van der Waals surface area (Å²) >= 11 is 0. The van der Waals surface area contributed by atoms with E-state index in [9.17, 15) is 9.59 Å². The summed E-state index contributed by atoms with van der Waals surface area (Å²) in [4.78, 5) is 24.1. The maximum Gasteiger partial charge on any atom is 0.306 e. The summed E-state index contributed by atoms with van der Waals surface area (Å²) in [6.07, 6.45) is 0.146. The van der Waals surface area contributed by atoms with Gasteiger partial charge in [0.25, 0.3) is 0 Å². The van der Waals surface area contributed by atoms with Crippen LogP contribution in [0.3, 0.4) is 0 Å². The second kappa shape index (κ2) is 7.88. The summed E-state index contributed by atoms with van der Waals surface area (Å²) < 4.78 is 4.66. The molecule has 7 nitrogen and oxygen atoms in total. The van der Waals surface area contributed by atoms with Gasteiger partial charge in [0.1, 0.15) is 0 Å². The maximum absolute atomic E-state index is 10.9. The second-order valence-electron chi connectivity index (χ2n) is 2.35. The SMILES string of the molecule is CNC(=O)CCC(=O)OCCN=[N+]=[N-]. The molecule has 0 aromatic heterocycles. The number of carbonyl (C=O) groups excluding carboxylic acids is 2. The van der Waals surface area contributed by atoms with E-state index in [1.165, 1.54) is 7.05 Å². The molecule has 0 aliphatic heterocycles. The molecule has 0 aliphatic rings. The predicted octanol–water partition coefficient (Wildman–Crippen LogP) is 0.366. The van der Waals surface area contributed by atoms with Gasteiger partial charge in [0.2, 0.25) is 5.91 Å². The summed E-state index contributed by atoms with van der Waals surface area (Å²) in [6, 6.07) is 0. The molecule has 0 radical (unpaired) electrons. The Bertz CT molecular complexity index is 247. The highest BCUT2D eigenvalue weighted by Crippen LogP contribution is 1.92. The Kier molecular flexibility index (Phi) is 6.89. The van der Waals surface area contributed by atoms with Gasteiger partial charge in [-0.05, 0) is 5.53 Å². The van der Waals surface area contributed by atoms with Crippen LogP contribution in [0.25, 0.3) is 10.4 Å². The van der Waals surface area contributed by atoms with Gasteiger partial charge in [-0.15, -0.1) is 0 Å². The molecule has 14 heavy (non-hydrogen) atoms. The van der Waals surface area contributed by atoms with Crippen molar-refractivity contribution in [1.82, 2.24) is 5.32 Å². The third-order valence-electron chi connectivity index (χ3n) is 1.35. The molecule has 0 rings (SSSR count). The van der Waals surface area contributed by atoms with Crippen molar-refractivity contribution in [2.75, 3.05) is 20.2 Å². The van der Waals surface area contributed by atoms with Crippen LogP contribution in [0.15, 0.2) is 5.11 Å². The highest BCUT2D eigenvalue weighted by molar-refractivity contribution is 5.80. The highest BCUT2D eigenvalue weighted by Gasteiger charge is 2.05. The zero-order valence-electron chi connectivity index (χ0n) is 7.89. The van der Waals surface area contributed by atoms with E-state index in [0.717, 1.165) is 0 Å². The van der Waals surface area contributed by atoms with Crippen LogP contribution in [0.2, 0.25) is 0 Å². The molecule has 0 saturated carbocycles. The van der Waals surface area contributed by atoms with Gasteiger partial charge in [0.05, 0.1) is 19.6 Å². The van der Waals surface area contributed by atoms with Crippen LogP contribution in [-0.2, 0) is 14.3 Å². The fourth-order valence-electron chi connectivity index (χ4n) is 0.658. The highest BCUT2D eigenvalue weighted by atomic mass is 16.5. The Morgan fingerprint density at radius 2 is 2.21 bits per heavy atom. The topological polar surface area (TPSA) is 104 Å². The molecule has 0 aromatic rings. The molecular weight excluding hydrogens is 188 g/mol. The summed E-state index contributed by atoms with van der Waals surface area (Å²) in [7, 11) is 1.50. The average Bonchev–Trinajstić information content (AvgIpc) is 2.21. The van der Waals surface area contributed by atoms with Crippen molar-refractivity contribution >= 4 is 11.9 Å². The van der Waals surface area contributed by atoms with Crippen molar-refractivity contribution in [2.24, 2.45) is 5.11 Å². The van der Waals surface area contributed by atoms with Crippen molar-refractivity contribution < 1.29 is 14.3 Å². The van der Waals surface area contributed by atoms with Crippen LogP contribution in [0.1, 0.15) is 12.8 Å². The minimum Gasteiger partial charge on any atom is -0.466 e. The standard InChI is InChI=1S/C7H12N4O3/c1-9-6(12)2-3-7(13)14-5-4-10-11-8/h2-5H2,1H3,(H,9,12). The number of azide groups is 1. The van der Waals surface area contributed by atoms with Gasteiger partial charge >= 0.3 is 5.97 Å². The van der Waals surface area contributed by atoms with Crippen LogP contribution in [-0.4, -0.2) is 32.1 Å². The molecule has 78 valence electrons. The van der Waals surface area contributed by atoms with Gasteiger partial charge in [-0.25, -0.2) is 0 Å². The molecule has 0 aromatic carbocycles. The molecule has 0 spiro atoms. The maximum atomic E-state index is 10.9. The Morgan fingerprint density at radius 3 is 2.79 bits per heavy atom. The number of rotatable bonds is 6. The molecule has 0 saturated heterocycles. The van der Waals surface area contributed by atoms with Gasteiger partial charge in [-0.3, -0.25) is 9.59 Å². The zero-order valence-corrected chi connectivity index (χ0v) is 7.89. The van der Waals surface area contributed by atoms with Gasteiger partial charge in [-0.2, -0.15) is 0 Å². The number of nitrogens with zero attached hydrogens (tertiary/aromatic N) is 3. The zero-order chi connectivity index (χ0) is 10.8. The first-order valence-corrected chi connectivity index (χ1v) is 4.07. The normalized spacial score (nSPS) is 8.64. The molecular formula is C7H12N4O3. The minimum absolute atomic E-state index is 0.0376. The van der Waals surface area contributed by atoms with Gasteiger partial charge in [0, 0.05) is 18.4 Å². The number of hydrogen-bond donors (Lipinski definition) is 1. The quantitative estimate of drug-likeness (QED) is 0.220. The molecule has 7 heteroatoms. The number of hydrogen-bond acceptors (Lipinski definition) is 4. The van der Waals surface area contributed by atoms with Crippen molar-refractivity contribution in [3.63, 3.8) is 0 Å². The van der Waals surface area contributed by atoms with Gasteiger partial charge < -0.3 is 10.1 Å². The van der Waals surface area contributed by atoms with E-state index in [1.807, 2.05) is 0 Å². The van der Waals surface area contributed by atoms with Crippen LogP contribution < -0.4 is 5.32 Å². The minimum atomic E-state index is -0.471. The number of esters is 1. The second-order valence-corrected chi connectivity index (χ2v) is 2.35. The van der Waals surface area contributed by atoms with Crippen LogP contribution in [0.5, 0.6) is 0 Å². The Balaban J connectivity index is 3.46. The van der Waals surface area contributed by atoms with Crippen LogP contribution >= 0.6 is 0 Å². The molecule has 0 fully saturated rings. The van der Waals surface area contributed by atoms with E-state index in [0.29, 0.717) is 0 Å². The monoisotopic (exact) mass is 200 g/mol. The fraction of sp³-hybridized carbons (Fsp3) is 0.714. The fourth-order valence-corrected chi connectivity index (χ4v) is 0.658. The first-order chi connectivity index (χ1) is 6.70. The van der Waals surface area contributed by atoms with Crippen molar-refractivity contribution in [1.29, 1.82) is 0 Å². The van der Waals surface area contributed by atoms with Gasteiger partial charge in [0.15, 0.2) is 0 Å². The number of ether oxygens (including phenoxy) is 1. The summed E-state index contributed by atoms with van der Waals surface area (Å²) in [6.45, 7) is 0.166. The summed E-state index contributed by atoms with van der Waals surface area (Å²) in [5, 5.41) is 5.56. The lowest BCUT2D eigenvalue weighted by Crippen LogP contribution is -2.19. The van der Waals surface area contributed by atoms with E-state index in [2.05, 4.69) is 20.1 Å². The molecule has 0 aliphatic carbocycles. The van der Waals surface area contributed by atoms with E-state index in [1.54, 1.807) is 0 Å². The Labute approximate surface area is 81.0 Å². The van der Waals surface area contributed by atoms with Crippen LogP contribution in [0.4, 0.5) is 0 Å². The molecule has 0 unspecified atom stereocenters. The number of amides is 1. The molecule has 0 bridgehead atoms. The lowest BCUT2D eigenvalue weighted by Gasteiger charge is -2.01.